The van der Waals surface area contributed by atoms with Crippen molar-refractivity contribution in [2.24, 2.45) is 0 Å². The number of ether oxygens (including phenoxy) is 1. The number of benzene rings is 1. The molecule has 3 N–H and O–H groups in total. The molecule has 24 heavy (non-hydrogen) atoms. The topological polar surface area (TPSA) is 105 Å². The van der Waals surface area contributed by atoms with Crippen LogP contribution in [0.3, 0.4) is 0 Å². The fourth-order valence-corrected chi connectivity index (χ4v) is 3.75. The second-order valence-electron chi connectivity index (χ2n) is 5.81. The monoisotopic (exact) mass is 354 g/mol. The van der Waals surface area contributed by atoms with Crippen molar-refractivity contribution in [1.82, 2.24) is 9.62 Å². The first-order valence-electron chi connectivity index (χ1n) is 7.91. The number of carbonyl (C=O) groups is 1. The lowest BCUT2D eigenvalue weighted by atomic mass is 9.76. The maximum absolute atomic E-state index is 11.9. The Hall–Kier alpha value is -1.26. The minimum absolute atomic E-state index is 0.0618. The fraction of sp³-hybridized carbons (Fsp3) is 0.533. The molecule has 3 unspecified atom stereocenters. The van der Waals surface area contributed by atoms with Gasteiger partial charge in [-0.2, -0.15) is 0 Å². The molecule has 9 heteroatoms. The molecule has 1 heterocycles. The molecule has 0 radical (unpaired) electrons. The van der Waals surface area contributed by atoms with E-state index in [1.165, 1.54) is 0 Å². The summed E-state index contributed by atoms with van der Waals surface area (Å²) < 4.78 is 18.6. The number of amides is 1. The number of alkyl carbamates (subject to hydrolysis) is 1. The summed E-state index contributed by atoms with van der Waals surface area (Å²) in [7, 11) is -1.69. The number of hydrogen-bond acceptors (Lipinski definition) is 6. The van der Waals surface area contributed by atoms with Crippen LogP contribution in [0.15, 0.2) is 30.3 Å². The van der Waals surface area contributed by atoms with Crippen LogP contribution in [0.4, 0.5) is 4.79 Å². The van der Waals surface area contributed by atoms with Crippen LogP contribution in [0.5, 0.6) is 0 Å². The number of nitrogens with one attached hydrogen (secondary N) is 1. The van der Waals surface area contributed by atoms with Gasteiger partial charge in [0, 0.05) is 17.9 Å². The molecule has 3 atom stereocenters. The average molecular weight is 354 g/mol. The predicted molar refractivity (Wildman–Crippen MR) is 92.4 cm³/mol. The van der Waals surface area contributed by atoms with E-state index < -0.39 is 30.5 Å². The molecular formula is C15H23BN2O5S. The van der Waals surface area contributed by atoms with Gasteiger partial charge in [0.15, 0.2) is 0 Å². The molecule has 1 saturated heterocycles. The summed E-state index contributed by atoms with van der Waals surface area (Å²) in [5, 5.41) is 21.4. The lowest BCUT2D eigenvalue weighted by Crippen LogP contribution is -2.48. The molecule has 2 rings (SSSR count). The zero-order chi connectivity index (χ0) is 17.5. The van der Waals surface area contributed by atoms with Gasteiger partial charge in [0.05, 0.1) is 12.0 Å². The lowest BCUT2D eigenvalue weighted by molar-refractivity contribution is 0.123. The van der Waals surface area contributed by atoms with E-state index in [1.54, 1.807) is 10.6 Å². The molecule has 7 nitrogen and oxygen atoms in total. The van der Waals surface area contributed by atoms with E-state index in [-0.39, 0.29) is 19.1 Å². The smallest absolute Gasteiger partial charge is 0.475 e. The summed E-state index contributed by atoms with van der Waals surface area (Å²) in [5.74, 6) is -0.861. The van der Waals surface area contributed by atoms with E-state index in [0.29, 0.717) is 0 Å². The highest BCUT2D eigenvalue weighted by Crippen LogP contribution is 2.20. The molecule has 1 aromatic rings. The molecule has 1 aliphatic rings. The normalized spacial score (nSPS) is 20.4. The van der Waals surface area contributed by atoms with Crippen LogP contribution in [0.2, 0.25) is 0 Å². The van der Waals surface area contributed by atoms with E-state index in [1.807, 2.05) is 30.3 Å². The van der Waals surface area contributed by atoms with Crippen LogP contribution in [-0.2, 0) is 22.5 Å². The molecule has 0 bridgehead atoms. The zero-order valence-corrected chi connectivity index (χ0v) is 14.4. The van der Waals surface area contributed by atoms with E-state index in [2.05, 4.69) is 5.32 Å². The quantitative estimate of drug-likeness (QED) is 0.474. The van der Waals surface area contributed by atoms with Crippen molar-refractivity contribution in [3.05, 3.63) is 35.9 Å². The van der Waals surface area contributed by atoms with Gasteiger partial charge in [-0.15, -0.1) is 4.31 Å². The van der Waals surface area contributed by atoms with Crippen molar-refractivity contribution in [3.8, 4) is 0 Å². The van der Waals surface area contributed by atoms with E-state index in [9.17, 15) is 19.4 Å². The van der Waals surface area contributed by atoms with Crippen molar-refractivity contribution < 1.29 is 24.1 Å². The van der Waals surface area contributed by atoms with Crippen LogP contribution in [0.25, 0.3) is 0 Å². The summed E-state index contributed by atoms with van der Waals surface area (Å²) in [6, 6.07) is 9.17. The van der Waals surface area contributed by atoms with Gasteiger partial charge in [0.2, 0.25) is 0 Å². The molecule has 132 valence electrons. The molecular weight excluding hydrogens is 331 g/mol. The van der Waals surface area contributed by atoms with Crippen molar-refractivity contribution >= 4 is 24.6 Å². The fourth-order valence-electron chi connectivity index (χ4n) is 2.78. The van der Waals surface area contributed by atoms with Crippen LogP contribution >= 0.6 is 0 Å². The highest BCUT2D eigenvalue weighted by Gasteiger charge is 2.33. The molecule has 0 spiro atoms. The highest BCUT2D eigenvalue weighted by atomic mass is 32.2. The SMILES string of the molecule is C[S+]([O-])N1CCCC1COC(=O)NC(Cc1ccccc1)B(O)O. The first-order chi connectivity index (χ1) is 11.5. The lowest BCUT2D eigenvalue weighted by Gasteiger charge is -2.24. The molecule has 0 saturated carbocycles. The molecule has 1 amide bonds. The number of hydrogen-bond donors (Lipinski definition) is 3. The summed E-state index contributed by atoms with van der Waals surface area (Å²) >= 11 is -1.09. The predicted octanol–water partition coefficient (Wildman–Crippen LogP) is 0.0938. The largest absolute Gasteiger partial charge is 0.598 e. The summed E-state index contributed by atoms with van der Waals surface area (Å²) in [4.78, 5) is 11.9. The number of rotatable bonds is 7. The third-order valence-corrected chi connectivity index (χ3v) is 5.16. The Kier molecular flexibility index (Phi) is 7.38. The van der Waals surface area contributed by atoms with Crippen LogP contribution in [0, 0.1) is 0 Å². The first kappa shape index (κ1) is 19.1. The van der Waals surface area contributed by atoms with Crippen LogP contribution < -0.4 is 5.32 Å². The average Bonchev–Trinajstić information content (AvgIpc) is 3.02. The summed E-state index contributed by atoms with van der Waals surface area (Å²) in [6.07, 6.45) is 2.92. The maximum Gasteiger partial charge on any atom is 0.475 e. The van der Waals surface area contributed by atoms with Crippen LogP contribution in [-0.4, -0.2) is 63.5 Å². The third-order valence-electron chi connectivity index (χ3n) is 4.02. The van der Waals surface area contributed by atoms with Crippen LogP contribution in [0.1, 0.15) is 18.4 Å². The van der Waals surface area contributed by atoms with Crippen molar-refractivity contribution in [2.45, 2.75) is 31.2 Å². The van der Waals surface area contributed by atoms with Gasteiger partial charge in [-0.05, 0) is 24.8 Å². The summed E-state index contributed by atoms with van der Waals surface area (Å²) in [5.41, 5.74) is 0.874. The molecule has 1 aromatic carbocycles. The van der Waals surface area contributed by atoms with Gasteiger partial charge in [-0.3, -0.25) is 0 Å². The molecule has 0 aliphatic carbocycles. The minimum Gasteiger partial charge on any atom is -0.598 e. The standard InChI is InChI=1S/C15H23BN2O5S/c1-24(22)18-9-5-8-13(18)11-23-15(19)17-14(16(20)21)10-12-6-3-2-4-7-12/h2-4,6-7,13-14,20-21H,5,8-11H2,1H3,(H,17,19). The second kappa shape index (κ2) is 9.29. The van der Waals surface area contributed by atoms with Crippen molar-refractivity contribution in [1.29, 1.82) is 0 Å². The van der Waals surface area contributed by atoms with Crippen molar-refractivity contribution in [2.75, 3.05) is 19.4 Å². The molecule has 0 aromatic heterocycles. The zero-order valence-electron chi connectivity index (χ0n) is 13.6. The highest BCUT2D eigenvalue weighted by molar-refractivity contribution is 7.88. The van der Waals surface area contributed by atoms with E-state index >= 15 is 0 Å². The Morgan fingerprint density at radius 1 is 1.50 bits per heavy atom. The Bertz CT molecular complexity index is 520. The van der Waals surface area contributed by atoms with Gasteiger partial charge < -0.3 is 24.7 Å². The molecule has 1 fully saturated rings. The number of nitrogens with zero attached hydrogens (tertiary/aromatic N) is 1. The first-order valence-corrected chi connectivity index (χ1v) is 9.42. The number of carbonyl (C=O) groups excluding carboxylic acids is 1. The van der Waals surface area contributed by atoms with E-state index in [4.69, 9.17) is 4.74 Å². The molecule has 1 aliphatic heterocycles. The Labute approximate surface area is 145 Å². The summed E-state index contributed by atoms with van der Waals surface area (Å²) in [6.45, 7) is 0.857. The second-order valence-corrected chi connectivity index (χ2v) is 7.13. The van der Waals surface area contributed by atoms with Crippen molar-refractivity contribution in [3.63, 3.8) is 0 Å². The Morgan fingerprint density at radius 3 is 2.83 bits per heavy atom. The van der Waals surface area contributed by atoms with Gasteiger partial charge in [0.1, 0.15) is 12.9 Å². The Balaban J connectivity index is 1.82. The van der Waals surface area contributed by atoms with Gasteiger partial charge in [-0.1, -0.05) is 30.3 Å². The van der Waals surface area contributed by atoms with E-state index in [0.717, 1.165) is 24.9 Å². The Morgan fingerprint density at radius 2 is 2.21 bits per heavy atom. The minimum atomic E-state index is -1.69. The maximum atomic E-state index is 11.9. The van der Waals surface area contributed by atoms with Gasteiger partial charge >= 0.3 is 13.2 Å². The van der Waals surface area contributed by atoms with Gasteiger partial charge in [0.25, 0.3) is 0 Å². The third kappa shape index (κ3) is 5.68. The van der Waals surface area contributed by atoms with Gasteiger partial charge in [-0.25, -0.2) is 4.79 Å².